The molecule has 3 rings (SSSR count). The number of thiazole rings is 1. The molecular formula is C20H19ClN2O3S2. The number of amides is 1. The quantitative estimate of drug-likeness (QED) is 0.577. The molecule has 0 unspecified atom stereocenters. The first-order chi connectivity index (χ1) is 13.3. The number of halogens is 1. The van der Waals surface area contributed by atoms with Crippen molar-refractivity contribution in [2.75, 3.05) is 11.1 Å². The first-order valence-electron chi connectivity index (χ1n) is 8.68. The van der Waals surface area contributed by atoms with E-state index in [1.165, 1.54) is 23.5 Å². The normalized spacial score (nSPS) is 11.4. The van der Waals surface area contributed by atoms with Crippen molar-refractivity contribution in [2.45, 2.75) is 25.2 Å². The summed E-state index contributed by atoms with van der Waals surface area (Å²) >= 11 is 7.27. The molecule has 0 saturated carbocycles. The second-order valence-electron chi connectivity index (χ2n) is 6.20. The Morgan fingerprint density at radius 2 is 1.82 bits per heavy atom. The van der Waals surface area contributed by atoms with E-state index in [0.29, 0.717) is 16.6 Å². The lowest BCUT2D eigenvalue weighted by Crippen LogP contribution is -2.17. The van der Waals surface area contributed by atoms with Crippen LogP contribution in [0.15, 0.2) is 53.4 Å². The van der Waals surface area contributed by atoms with Gasteiger partial charge in [0.15, 0.2) is 15.0 Å². The number of nitrogens with one attached hydrogen (secondary N) is 1. The van der Waals surface area contributed by atoms with Gasteiger partial charge in [0.05, 0.1) is 21.9 Å². The molecule has 0 radical (unpaired) electrons. The van der Waals surface area contributed by atoms with Crippen molar-refractivity contribution in [3.05, 3.63) is 64.0 Å². The van der Waals surface area contributed by atoms with Gasteiger partial charge in [0.2, 0.25) is 0 Å². The lowest BCUT2D eigenvalue weighted by atomic mass is 10.1. The van der Waals surface area contributed by atoms with E-state index in [2.05, 4.69) is 10.3 Å². The van der Waals surface area contributed by atoms with Gasteiger partial charge >= 0.3 is 0 Å². The Morgan fingerprint density at radius 3 is 2.50 bits per heavy atom. The van der Waals surface area contributed by atoms with Gasteiger partial charge in [-0.15, -0.1) is 11.3 Å². The molecule has 1 amide bonds. The van der Waals surface area contributed by atoms with Crippen LogP contribution < -0.4 is 5.32 Å². The highest BCUT2D eigenvalue weighted by Gasteiger charge is 2.22. The molecule has 1 N–H and O–H groups in total. The van der Waals surface area contributed by atoms with Crippen LogP contribution >= 0.6 is 22.9 Å². The van der Waals surface area contributed by atoms with Gasteiger partial charge in [0.1, 0.15) is 0 Å². The van der Waals surface area contributed by atoms with Gasteiger partial charge in [-0.2, -0.15) is 0 Å². The molecule has 0 bridgehead atoms. The van der Waals surface area contributed by atoms with Crippen molar-refractivity contribution in [2.24, 2.45) is 0 Å². The van der Waals surface area contributed by atoms with Gasteiger partial charge < -0.3 is 0 Å². The highest BCUT2D eigenvalue weighted by Crippen LogP contribution is 2.31. The van der Waals surface area contributed by atoms with Crippen molar-refractivity contribution in [3.63, 3.8) is 0 Å². The lowest BCUT2D eigenvalue weighted by molar-refractivity contribution is 0.102. The summed E-state index contributed by atoms with van der Waals surface area (Å²) in [5.74, 6) is -0.499. The summed E-state index contributed by atoms with van der Waals surface area (Å²) in [4.78, 5) is 18.2. The summed E-state index contributed by atoms with van der Waals surface area (Å²) in [7, 11) is -3.52. The molecule has 1 aromatic heterocycles. The predicted octanol–water partition coefficient (Wildman–Crippen LogP) is 5.21. The Hall–Kier alpha value is -2.22. The van der Waals surface area contributed by atoms with Crippen LogP contribution in [-0.2, 0) is 9.84 Å². The van der Waals surface area contributed by atoms with Gasteiger partial charge in [-0.25, -0.2) is 13.4 Å². The molecule has 0 aliphatic carbocycles. The van der Waals surface area contributed by atoms with E-state index < -0.39 is 15.7 Å². The standard InChI is InChI=1S/C20H19ClN2O3S2/c1-3-12-28(25,26)17-7-5-4-6-16(17)19(24)23-20-22-18(13(2)27-20)14-8-10-15(21)11-9-14/h4-11H,3,12H2,1-2H3,(H,22,23,24). The minimum absolute atomic E-state index is 0.00559. The number of sulfone groups is 1. The summed E-state index contributed by atoms with van der Waals surface area (Å²) in [6.45, 7) is 3.70. The molecule has 5 nitrogen and oxygen atoms in total. The zero-order chi connectivity index (χ0) is 20.3. The van der Waals surface area contributed by atoms with E-state index in [1.54, 1.807) is 31.2 Å². The maximum Gasteiger partial charge on any atom is 0.258 e. The van der Waals surface area contributed by atoms with Crippen LogP contribution in [0.2, 0.25) is 5.02 Å². The van der Waals surface area contributed by atoms with Gasteiger partial charge in [-0.3, -0.25) is 10.1 Å². The first kappa shape index (κ1) is 20.5. The largest absolute Gasteiger partial charge is 0.298 e. The molecule has 3 aromatic rings. The maximum atomic E-state index is 12.8. The number of aryl methyl sites for hydroxylation is 1. The average Bonchev–Trinajstić information content (AvgIpc) is 3.02. The molecule has 0 spiro atoms. The summed E-state index contributed by atoms with van der Waals surface area (Å²) < 4.78 is 25.0. The molecule has 28 heavy (non-hydrogen) atoms. The van der Waals surface area contributed by atoms with Crippen molar-refractivity contribution in [3.8, 4) is 11.3 Å². The molecule has 0 fully saturated rings. The monoisotopic (exact) mass is 434 g/mol. The van der Waals surface area contributed by atoms with E-state index in [-0.39, 0.29) is 16.2 Å². The first-order valence-corrected chi connectivity index (χ1v) is 11.5. The van der Waals surface area contributed by atoms with Crippen LogP contribution in [0.4, 0.5) is 5.13 Å². The van der Waals surface area contributed by atoms with Crippen molar-refractivity contribution < 1.29 is 13.2 Å². The topological polar surface area (TPSA) is 76.1 Å². The molecule has 0 aliphatic heterocycles. The van der Waals surface area contributed by atoms with Crippen molar-refractivity contribution in [1.29, 1.82) is 0 Å². The third-order valence-corrected chi connectivity index (χ3v) is 7.18. The third-order valence-electron chi connectivity index (χ3n) is 4.07. The van der Waals surface area contributed by atoms with Gasteiger partial charge in [-0.1, -0.05) is 42.8 Å². The second kappa shape index (κ2) is 8.43. The number of aromatic nitrogens is 1. The van der Waals surface area contributed by atoms with Crippen LogP contribution in [0.5, 0.6) is 0 Å². The SMILES string of the molecule is CCCS(=O)(=O)c1ccccc1C(=O)Nc1nc(-c2ccc(Cl)cc2)c(C)s1. The van der Waals surface area contributed by atoms with E-state index in [4.69, 9.17) is 11.6 Å². The number of carbonyl (C=O) groups excluding carboxylic acids is 1. The molecule has 0 saturated heterocycles. The van der Waals surface area contributed by atoms with Gasteiger partial charge in [0, 0.05) is 15.5 Å². The summed E-state index contributed by atoms with van der Waals surface area (Å²) in [6.07, 6.45) is 0.481. The van der Waals surface area contributed by atoms with E-state index in [9.17, 15) is 13.2 Å². The van der Waals surface area contributed by atoms with Gasteiger partial charge in [-0.05, 0) is 37.6 Å². The van der Waals surface area contributed by atoms with Crippen molar-refractivity contribution >= 4 is 43.8 Å². The molecule has 0 aliphatic rings. The third kappa shape index (κ3) is 4.43. The Kier molecular flexibility index (Phi) is 6.17. The number of carbonyl (C=O) groups is 1. The lowest BCUT2D eigenvalue weighted by Gasteiger charge is -2.09. The van der Waals surface area contributed by atoms with Crippen LogP contribution in [0.3, 0.4) is 0 Å². The number of nitrogens with zero attached hydrogens (tertiary/aromatic N) is 1. The number of rotatable bonds is 6. The molecule has 2 aromatic carbocycles. The minimum atomic E-state index is -3.52. The van der Waals surface area contributed by atoms with Crippen LogP contribution in [0.25, 0.3) is 11.3 Å². The van der Waals surface area contributed by atoms with Crippen LogP contribution in [0.1, 0.15) is 28.6 Å². The van der Waals surface area contributed by atoms with E-state index in [0.717, 1.165) is 16.1 Å². The maximum absolute atomic E-state index is 12.8. The molecule has 8 heteroatoms. The zero-order valence-corrected chi connectivity index (χ0v) is 17.8. The summed E-state index contributed by atoms with van der Waals surface area (Å²) in [5.41, 5.74) is 1.77. The van der Waals surface area contributed by atoms with Crippen LogP contribution in [0, 0.1) is 6.92 Å². The summed E-state index contributed by atoms with van der Waals surface area (Å²) in [5, 5.41) is 3.78. The Balaban J connectivity index is 1.89. The number of benzene rings is 2. The van der Waals surface area contributed by atoms with Crippen LogP contribution in [-0.4, -0.2) is 25.1 Å². The molecule has 1 heterocycles. The molecule has 146 valence electrons. The fraction of sp³-hybridized carbons (Fsp3) is 0.200. The number of hydrogen-bond acceptors (Lipinski definition) is 5. The highest BCUT2D eigenvalue weighted by atomic mass is 35.5. The van der Waals surface area contributed by atoms with E-state index in [1.807, 2.05) is 19.1 Å². The Labute approximate surface area is 173 Å². The van der Waals surface area contributed by atoms with E-state index >= 15 is 0 Å². The Bertz CT molecular complexity index is 1110. The fourth-order valence-electron chi connectivity index (χ4n) is 2.79. The van der Waals surface area contributed by atoms with Gasteiger partial charge in [0.25, 0.3) is 5.91 Å². The smallest absolute Gasteiger partial charge is 0.258 e. The second-order valence-corrected chi connectivity index (χ2v) is 9.92. The zero-order valence-electron chi connectivity index (χ0n) is 15.4. The van der Waals surface area contributed by atoms with Crippen molar-refractivity contribution in [1.82, 2.24) is 4.98 Å². The highest BCUT2D eigenvalue weighted by molar-refractivity contribution is 7.91. The predicted molar refractivity (Wildman–Crippen MR) is 114 cm³/mol. The summed E-state index contributed by atoms with van der Waals surface area (Å²) in [6, 6.07) is 13.5. The average molecular weight is 435 g/mol. The molecule has 0 atom stereocenters. The number of hydrogen-bond donors (Lipinski definition) is 1. The minimum Gasteiger partial charge on any atom is -0.298 e. The fourth-order valence-corrected chi connectivity index (χ4v) is 5.29. The Morgan fingerprint density at radius 1 is 1.14 bits per heavy atom. The molecular weight excluding hydrogens is 416 g/mol. The number of anilines is 1.